The number of rotatable bonds is 7. The molecule has 0 saturated heterocycles. The molecule has 1 unspecified atom stereocenters. The molecule has 0 aliphatic rings. The summed E-state index contributed by atoms with van der Waals surface area (Å²) < 4.78 is 45.1. The monoisotopic (exact) mass is 345 g/mol. The molecule has 1 aromatic rings. The normalized spacial score (nSPS) is 13.1. The van der Waals surface area contributed by atoms with E-state index in [0.29, 0.717) is 6.07 Å². The lowest BCUT2D eigenvalue weighted by Crippen LogP contribution is -2.31. The zero-order valence-corrected chi connectivity index (χ0v) is 13.5. The van der Waals surface area contributed by atoms with Crippen molar-refractivity contribution >= 4 is 18.0 Å². The van der Waals surface area contributed by atoms with E-state index in [-0.39, 0.29) is 19.3 Å². The van der Waals surface area contributed by atoms with Gasteiger partial charge >= 0.3 is 5.97 Å². The maximum atomic E-state index is 13.8. The summed E-state index contributed by atoms with van der Waals surface area (Å²) in [5.74, 6) is -8.19. The van der Waals surface area contributed by atoms with Crippen molar-refractivity contribution in [2.45, 2.75) is 26.3 Å². The van der Waals surface area contributed by atoms with E-state index in [4.69, 9.17) is 9.84 Å². The summed E-state index contributed by atoms with van der Waals surface area (Å²) in [5, 5.41) is 9.15. The number of hydrogen-bond donors (Lipinski definition) is 1. The van der Waals surface area contributed by atoms with E-state index in [1.54, 1.807) is 0 Å². The summed E-state index contributed by atoms with van der Waals surface area (Å²) >= 11 is 0. The van der Waals surface area contributed by atoms with E-state index in [2.05, 4.69) is 4.99 Å². The lowest BCUT2D eigenvalue weighted by atomic mass is 9.97. The standard InChI is InChI=1S/C16H18F3NO4/c1-4-24-15(23)11(7-20-16(2,3)8-21)14(22)10-5-9(17)6-12(18)13(10)19/h5-7,11,21H,4,8H2,1-3H3. The number of carbonyl (C=O) groups excluding carboxylic acids is 2. The molecule has 0 aliphatic heterocycles. The minimum atomic E-state index is -1.69. The molecule has 0 aromatic heterocycles. The number of benzene rings is 1. The Morgan fingerprint density at radius 2 is 1.96 bits per heavy atom. The maximum absolute atomic E-state index is 13.8. The Morgan fingerprint density at radius 3 is 2.50 bits per heavy atom. The van der Waals surface area contributed by atoms with Crippen LogP contribution in [0.5, 0.6) is 0 Å². The highest BCUT2D eigenvalue weighted by molar-refractivity contribution is 6.18. The molecule has 1 N–H and O–H groups in total. The molecular weight excluding hydrogens is 327 g/mol. The first-order valence-electron chi connectivity index (χ1n) is 7.14. The van der Waals surface area contributed by atoms with E-state index in [1.165, 1.54) is 20.8 Å². The lowest BCUT2D eigenvalue weighted by Gasteiger charge is -2.17. The molecule has 1 aromatic carbocycles. The minimum Gasteiger partial charge on any atom is -0.465 e. The SMILES string of the molecule is CCOC(=O)C(C=NC(C)(C)CO)C(=O)c1cc(F)cc(F)c1F. The third-order valence-corrected chi connectivity index (χ3v) is 3.04. The molecule has 0 spiro atoms. The molecule has 132 valence electrons. The van der Waals surface area contributed by atoms with Crippen LogP contribution in [0.4, 0.5) is 13.2 Å². The zero-order valence-electron chi connectivity index (χ0n) is 13.5. The fraction of sp³-hybridized carbons (Fsp3) is 0.438. The first-order valence-corrected chi connectivity index (χ1v) is 7.14. The summed E-state index contributed by atoms with van der Waals surface area (Å²) in [4.78, 5) is 28.2. The van der Waals surface area contributed by atoms with Crippen molar-refractivity contribution < 1.29 is 32.6 Å². The fourth-order valence-electron chi connectivity index (χ4n) is 1.69. The molecule has 0 heterocycles. The summed E-state index contributed by atoms with van der Waals surface area (Å²) in [6.07, 6.45) is 0.888. The summed E-state index contributed by atoms with van der Waals surface area (Å²) in [7, 11) is 0. The number of hydrogen-bond acceptors (Lipinski definition) is 5. The second-order valence-corrected chi connectivity index (χ2v) is 5.59. The molecule has 24 heavy (non-hydrogen) atoms. The minimum absolute atomic E-state index is 0.0557. The van der Waals surface area contributed by atoms with E-state index >= 15 is 0 Å². The van der Waals surface area contributed by atoms with Crippen LogP contribution in [0, 0.1) is 23.4 Å². The Morgan fingerprint density at radius 1 is 1.33 bits per heavy atom. The zero-order chi connectivity index (χ0) is 18.5. The average molecular weight is 345 g/mol. The molecule has 0 amide bonds. The second-order valence-electron chi connectivity index (χ2n) is 5.59. The van der Waals surface area contributed by atoms with Crippen LogP contribution >= 0.6 is 0 Å². The van der Waals surface area contributed by atoms with E-state index in [9.17, 15) is 22.8 Å². The van der Waals surface area contributed by atoms with Crippen LogP contribution in [-0.4, -0.2) is 41.8 Å². The maximum Gasteiger partial charge on any atom is 0.322 e. The first kappa shape index (κ1) is 19.8. The molecule has 0 bridgehead atoms. The van der Waals surface area contributed by atoms with Gasteiger partial charge in [0.05, 0.1) is 24.3 Å². The van der Waals surface area contributed by atoms with Crippen molar-refractivity contribution in [3.8, 4) is 0 Å². The van der Waals surface area contributed by atoms with Crippen LogP contribution in [0.15, 0.2) is 17.1 Å². The summed E-state index contributed by atoms with van der Waals surface area (Å²) in [6, 6.07) is 0.784. The third kappa shape index (κ3) is 4.89. The number of esters is 1. The first-order chi connectivity index (χ1) is 11.1. The highest BCUT2D eigenvalue weighted by Crippen LogP contribution is 2.19. The average Bonchev–Trinajstić information content (AvgIpc) is 2.51. The lowest BCUT2D eigenvalue weighted by molar-refractivity contribution is -0.144. The van der Waals surface area contributed by atoms with E-state index in [1.807, 2.05) is 0 Å². The van der Waals surface area contributed by atoms with Gasteiger partial charge < -0.3 is 9.84 Å². The van der Waals surface area contributed by atoms with Gasteiger partial charge in [0.2, 0.25) is 0 Å². The number of ketones is 1. The number of nitrogens with zero attached hydrogens (tertiary/aromatic N) is 1. The quantitative estimate of drug-likeness (QED) is 0.270. The smallest absolute Gasteiger partial charge is 0.322 e. The van der Waals surface area contributed by atoms with Crippen LogP contribution in [0.3, 0.4) is 0 Å². The number of aliphatic imine (C=N–C) groups is 1. The van der Waals surface area contributed by atoms with Gasteiger partial charge in [-0.2, -0.15) is 0 Å². The number of aliphatic hydroxyl groups is 1. The predicted octanol–water partition coefficient (Wildman–Crippen LogP) is 2.31. The molecule has 0 fully saturated rings. The number of ether oxygens (including phenoxy) is 1. The summed E-state index contributed by atoms with van der Waals surface area (Å²) in [6.45, 7) is 4.12. The van der Waals surface area contributed by atoms with Gasteiger partial charge in [0.1, 0.15) is 5.82 Å². The molecule has 5 nitrogen and oxygen atoms in total. The van der Waals surface area contributed by atoms with Crippen molar-refractivity contribution in [3.63, 3.8) is 0 Å². The molecule has 0 aliphatic carbocycles. The van der Waals surface area contributed by atoms with Crippen molar-refractivity contribution in [2.24, 2.45) is 10.9 Å². The Kier molecular flexibility index (Phi) is 6.65. The van der Waals surface area contributed by atoms with Gasteiger partial charge in [-0.05, 0) is 26.8 Å². The van der Waals surface area contributed by atoms with Crippen LogP contribution in [0.2, 0.25) is 0 Å². The van der Waals surface area contributed by atoms with Crippen LogP contribution in [-0.2, 0) is 9.53 Å². The Hall–Kier alpha value is -2.22. The molecule has 1 atom stereocenters. The van der Waals surface area contributed by atoms with Crippen molar-refractivity contribution in [2.75, 3.05) is 13.2 Å². The Labute approximate surface area is 137 Å². The van der Waals surface area contributed by atoms with Gasteiger partial charge in [0, 0.05) is 12.3 Å². The van der Waals surface area contributed by atoms with Crippen LogP contribution in [0.1, 0.15) is 31.1 Å². The van der Waals surface area contributed by atoms with Crippen molar-refractivity contribution in [1.29, 1.82) is 0 Å². The van der Waals surface area contributed by atoms with Gasteiger partial charge in [0.15, 0.2) is 23.3 Å². The van der Waals surface area contributed by atoms with E-state index < -0.39 is 46.2 Å². The van der Waals surface area contributed by atoms with Crippen molar-refractivity contribution in [3.05, 3.63) is 35.1 Å². The number of aliphatic hydroxyl groups excluding tert-OH is 1. The number of Topliss-reactive ketones (excluding diaryl/α,β-unsaturated/α-hetero) is 1. The van der Waals surface area contributed by atoms with Gasteiger partial charge in [-0.3, -0.25) is 14.6 Å². The topological polar surface area (TPSA) is 76.0 Å². The third-order valence-electron chi connectivity index (χ3n) is 3.04. The van der Waals surface area contributed by atoms with Crippen LogP contribution in [0.25, 0.3) is 0 Å². The number of halogens is 3. The highest BCUT2D eigenvalue weighted by Gasteiger charge is 2.31. The van der Waals surface area contributed by atoms with Crippen LogP contribution < -0.4 is 0 Å². The second kappa shape index (κ2) is 8.05. The van der Waals surface area contributed by atoms with Gasteiger partial charge in [0.25, 0.3) is 0 Å². The molecule has 0 saturated carbocycles. The molecular formula is C16H18F3NO4. The largest absolute Gasteiger partial charge is 0.465 e. The van der Waals surface area contributed by atoms with Gasteiger partial charge in [-0.15, -0.1) is 0 Å². The predicted molar refractivity (Wildman–Crippen MR) is 80.4 cm³/mol. The summed E-state index contributed by atoms with van der Waals surface area (Å²) in [5.41, 5.74) is -1.92. The Bertz CT molecular complexity index is 659. The molecule has 0 radical (unpaired) electrons. The Balaban J connectivity index is 3.29. The van der Waals surface area contributed by atoms with Gasteiger partial charge in [-0.1, -0.05) is 0 Å². The van der Waals surface area contributed by atoms with E-state index in [0.717, 1.165) is 6.21 Å². The number of carbonyl (C=O) groups is 2. The van der Waals surface area contributed by atoms with Gasteiger partial charge in [-0.25, -0.2) is 13.2 Å². The van der Waals surface area contributed by atoms with Crippen molar-refractivity contribution in [1.82, 2.24) is 0 Å². The molecule has 1 rings (SSSR count). The highest BCUT2D eigenvalue weighted by atomic mass is 19.2. The fourth-order valence-corrected chi connectivity index (χ4v) is 1.69. The molecule has 8 heteroatoms.